The summed E-state index contributed by atoms with van der Waals surface area (Å²) in [6, 6.07) is 14.1. The second-order valence-electron chi connectivity index (χ2n) is 9.39. The lowest BCUT2D eigenvalue weighted by atomic mass is 10.1. The van der Waals surface area contributed by atoms with Crippen LogP contribution >= 0.6 is 0 Å². The number of anilines is 1. The van der Waals surface area contributed by atoms with Gasteiger partial charge in [-0.1, -0.05) is 49.7 Å². The zero-order valence-corrected chi connectivity index (χ0v) is 23.7. The second-order valence-corrected chi connectivity index (χ2v) is 11.3. The SMILES string of the molecule is CC[C@@H](C)NC(=O)[C@@H](CC)N(Cc1cccc(C)c1)C(=O)CCCN(c1cccc(OC)c1)S(C)(=O)=O. The lowest BCUT2D eigenvalue weighted by Crippen LogP contribution is -2.50. The van der Waals surface area contributed by atoms with Gasteiger partial charge in [0.2, 0.25) is 21.8 Å². The van der Waals surface area contributed by atoms with Crippen LogP contribution in [-0.2, 0) is 26.2 Å². The summed E-state index contributed by atoms with van der Waals surface area (Å²) >= 11 is 0. The summed E-state index contributed by atoms with van der Waals surface area (Å²) in [6.07, 6.45) is 2.81. The molecule has 2 amide bonds. The summed E-state index contributed by atoms with van der Waals surface area (Å²) in [5.41, 5.74) is 2.49. The molecule has 0 aliphatic heterocycles. The van der Waals surface area contributed by atoms with E-state index < -0.39 is 16.1 Å². The lowest BCUT2D eigenvalue weighted by Gasteiger charge is -2.32. The maximum atomic E-state index is 13.5. The van der Waals surface area contributed by atoms with E-state index in [9.17, 15) is 18.0 Å². The second kappa shape index (κ2) is 14.0. The molecule has 0 bridgehead atoms. The first kappa shape index (κ1) is 30.2. The van der Waals surface area contributed by atoms with Crippen molar-refractivity contribution in [1.29, 1.82) is 0 Å². The van der Waals surface area contributed by atoms with Crippen LogP contribution in [0.3, 0.4) is 0 Å². The third-order valence-corrected chi connectivity index (χ3v) is 7.51. The van der Waals surface area contributed by atoms with Gasteiger partial charge in [0.25, 0.3) is 0 Å². The van der Waals surface area contributed by atoms with E-state index in [4.69, 9.17) is 4.74 Å². The lowest BCUT2D eigenvalue weighted by molar-refractivity contribution is -0.141. The Morgan fingerprint density at radius 1 is 1.05 bits per heavy atom. The Balaban J connectivity index is 2.23. The Bertz CT molecular complexity index is 1150. The van der Waals surface area contributed by atoms with Gasteiger partial charge in [-0.3, -0.25) is 13.9 Å². The number of nitrogens with one attached hydrogen (secondary N) is 1. The first-order valence-electron chi connectivity index (χ1n) is 12.8. The summed E-state index contributed by atoms with van der Waals surface area (Å²) in [5, 5.41) is 3.01. The van der Waals surface area contributed by atoms with Crippen LogP contribution in [0, 0.1) is 6.92 Å². The molecule has 0 fully saturated rings. The number of carbonyl (C=O) groups is 2. The van der Waals surface area contributed by atoms with E-state index in [0.717, 1.165) is 23.8 Å². The normalized spacial score (nSPS) is 12.9. The van der Waals surface area contributed by atoms with Gasteiger partial charge in [0.1, 0.15) is 11.8 Å². The van der Waals surface area contributed by atoms with Crippen molar-refractivity contribution in [3.63, 3.8) is 0 Å². The highest BCUT2D eigenvalue weighted by Crippen LogP contribution is 2.24. The summed E-state index contributed by atoms with van der Waals surface area (Å²) in [4.78, 5) is 28.2. The van der Waals surface area contributed by atoms with Crippen LogP contribution < -0.4 is 14.4 Å². The number of ether oxygens (including phenoxy) is 1. The molecule has 0 aliphatic rings. The zero-order chi connectivity index (χ0) is 27.6. The fraction of sp³-hybridized carbons (Fsp3) is 0.500. The van der Waals surface area contributed by atoms with Crippen LogP contribution in [0.2, 0.25) is 0 Å². The van der Waals surface area contributed by atoms with Crippen LogP contribution in [0.25, 0.3) is 0 Å². The number of rotatable bonds is 14. The van der Waals surface area contributed by atoms with E-state index in [0.29, 0.717) is 30.8 Å². The summed E-state index contributed by atoms with van der Waals surface area (Å²) in [6.45, 7) is 8.25. The first-order valence-corrected chi connectivity index (χ1v) is 14.6. The molecule has 0 heterocycles. The van der Waals surface area contributed by atoms with E-state index >= 15 is 0 Å². The van der Waals surface area contributed by atoms with Gasteiger partial charge in [-0.15, -0.1) is 0 Å². The maximum absolute atomic E-state index is 13.5. The highest BCUT2D eigenvalue weighted by Gasteiger charge is 2.29. The van der Waals surface area contributed by atoms with Crippen LogP contribution in [0.1, 0.15) is 57.6 Å². The molecular weight excluding hydrogens is 490 g/mol. The molecule has 2 rings (SSSR count). The number of aryl methyl sites for hydroxylation is 1. The van der Waals surface area contributed by atoms with Gasteiger partial charge < -0.3 is 15.0 Å². The van der Waals surface area contributed by atoms with Crippen molar-refractivity contribution in [3.8, 4) is 5.75 Å². The number of benzene rings is 2. The number of hydrogen-bond donors (Lipinski definition) is 1. The number of sulfonamides is 1. The maximum Gasteiger partial charge on any atom is 0.243 e. The molecule has 0 saturated carbocycles. The molecule has 8 nitrogen and oxygen atoms in total. The summed E-state index contributed by atoms with van der Waals surface area (Å²) in [7, 11) is -2.06. The Hall–Kier alpha value is -3.07. The smallest absolute Gasteiger partial charge is 0.243 e. The molecule has 0 saturated heterocycles. The van der Waals surface area contributed by atoms with E-state index in [-0.39, 0.29) is 30.8 Å². The number of nitrogens with zero attached hydrogens (tertiary/aromatic N) is 2. The highest BCUT2D eigenvalue weighted by molar-refractivity contribution is 7.92. The highest BCUT2D eigenvalue weighted by atomic mass is 32.2. The van der Waals surface area contributed by atoms with Crippen molar-refractivity contribution >= 4 is 27.5 Å². The topological polar surface area (TPSA) is 96.0 Å². The van der Waals surface area contributed by atoms with E-state index in [1.807, 2.05) is 52.0 Å². The Kier molecular flexibility index (Phi) is 11.4. The number of carbonyl (C=O) groups excluding carboxylic acids is 2. The van der Waals surface area contributed by atoms with Crippen molar-refractivity contribution in [2.45, 2.75) is 72.0 Å². The third-order valence-electron chi connectivity index (χ3n) is 6.32. The predicted molar refractivity (Wildman–Crippen MR) is 148 cm³/mol. The summed E-state index contributed by atoms with van der Waals surface area (Å²) < 4.78 is 31.6. The molecule has 2 aromatic carbocycles. The van der Waals surface area contributed by atoms with Gasteiger partial charge in [0.15, 0.2) is 0 Å². The summed E-state index contributed by atoms with van der Waals surface area (Å²) in [5.74, 6) is 0.184. The molecule has 1 N–H and O–H groups in total. The van der Waals surface area contributed by atoms with Crippen molar-refractivity contribution in [3.05, 3.63) is 59.7 Å². The Labute approximate surface area is 222 Å². The fourth-order valence-corrected chi connectivity index (χ4v) is 5.09. The monoisotopic (exact) mass is 531 g/mol. The Morgan fingerprint density at radius 2 is 1.76 bits per heavy atom. The van der Waals surface area contributed by atoms with E-state index in [2.05, 4.69) is 5.32 Å². The van der Waals surface area contributed by atoms with Gasteiger partial charge in [-0.25, -0.2) is 8.42 Å². The van der Waals surface area contributed by atoms with Gasteiger partial charge in [-0.2, -0.15) is 0 Å². The molecule has 2 aromatic rings. The minimum atomic E-state index is -3.58. The molecule has 204 valence electrons. The quantitative estimate of drug-likeness (QED) is 0.393. The van der Waals surface area contributed by atoms with Crippen molar-refractivity contribution in [2.24, 2.45) is 0 Å². The third kappa shape index (κ3) is 9.07. The van der Waals surface area contributed by atoms with E-state index in [1.54, 1.807) is 29.2 Å². The predicted octanol–water partition coefficient (Wildman–Crippen LogP) is 4.27. The van der Waals surface area contributed by atoms with Crippen LogP contribution in [0.4, 0.5) is 5.69 Å². The molecule has 0 unspecified atom stereocenters. The molecule has 0 spiro atoms. The van der Waals surface area contributed by atoms with Crippen molar-refractivity contribution in [1.82, 2.24) is 10.2 Å². The molecular formula is C28H41N3O5S. The van der Waals surface area contributed by atoms with Gasteiger partial charge in [0, 0.05) is 31.6 Å². The van der Waals surface area contributed by atoms with Crippen molar-refractivity contribution < 1.29 is 22.7 Å². The number of methoxy groups -OCH3 is 1. The molecule has 0 aromatic heterocycles. The Morgan fingerprint density at radius 3 is 2.35 bits per heavy atom. The molecule has 9 heteroatoms. The van der Waals surface area contributed by atoms with E-state index in [1.165, 1.54) is 11.4 Å². The van der Waals surface area contributed by atoms with Gasteiger partial charge in [0.05, 0.1) is 19.1 Å². The van der Waals surface area contributed by atoms with Crippen molar-refractivity contribution in [2.75, 3.05) is 24.2 Å². The number of hydrogen-bond acceptors (Lipinski definition) is 5. The molecule has 0 radical (unpaired) electrons. The average Bonchev–Trinajstić information content (AvgIpc) is 2.85. The van der Waals surface area contributed by atoms with Gasteiger partial charge in [-0.05, 0) is 50.8 Å². The van der Waals surface area contributed by atoms with Crippen LogP contribution in [0.5, 0.6) is 5.75 Å². The molecule has 0 aliphatic carbocycles. The van der Waals surface area contributed by atoms with Crippen LogP contribution in [0.15, 0.2) is 48.5 Å². The van der Waals surface area contributed by atoms with Crippen LogP contribution in [-0.4, -0.2) is 57.1 Å². The largest absolute Gasteiger partial charge is 0.497 e. The fourth-order valence-electron chi connectivity index (χ4n) is 4.14. The average molecular weight is 532 g/mol. The van der Waals surface area contributed by atoms with Gasteiger partial charge >= 0.3 is 0 Å². The number of amides is 2. The minimum Gasteiger partial charge on any atom is -0.497 e. The minimum absolute atomic E-state index is 0.00338. The standard InChI is InChI=1S/C28H41N3O5S/c1-7-22(4)29-28(33)26(8-2)30(20-23-13-9-12-21(3)18-23)27(32)16-11-17-31(37(6,34)35)24-14-10-15-25(19-24)36-5/h9-10,12-15,18-19,22,26H,7-8,11,16-17,20H2,1-6H3,(H,29,33)/t22-,26-/m1/s1. The first-order chi connectivity index (χ1) is 17.5. The molecule has 2 atom stereocenters. The molecule has 37 heavy (non-hydrogen) atoms. The zero-order valence-electron chi connectivity index (χ0n) is 22.9.